The lowest BCUT2D eigenvalue weighted by Gasteiger charge is -1.98. The van der Waals surface area contributed by atoms with Crippen molar-refractivity contribution in [2.75, 3.05) is 0 Å². The van der Waals surface area contributed by atoms with E-state index in [0.29, 0.717) is 0 Å². The summed E-state index contributed by atoms with van der Waals surface area (Å²) < 4.78 is 1.15. The summed E-state index contributed by atoms with van der Waals surface area (Å²) in [5.41, 5.74) is 5.81. The molecule has 0 saturated heterocycles. The second-order valence-corrected chi connectivity index (χ2v) is 4.96. The van der Waals surface area contributed by atoms with Gasteiger partial charge in [0.15, 0.2) is 0 Å². The largest absolute Gasteiger partial charge is 0.244 e. The normalized spacial score (nSPS) is 12.7. The summed E-state index contributed by atoms with van der Waals surface area (Å²) in [6, 6.07) is 6.40. The molecule has 0 fully saturated rings. The molecule has 0 unspecified atom stereocenters. The van der Waals surface area contributed by atoms with Gasteiger partial charge in [0, 0.05) is 21.3 Å². The molecule has 0 bridgehead atoms. The highest BCUT2D eigenvalue weighted by atomic mass is 79.9. The van der Waals surface area contributed by atoms with Gasteiger partial charge in [0.05, 0.1) is 11.2 Å². The van der Waals surface area contributed by atoms with Crippen LogP contribution in [0.1, 0.15) is 10.4 Å². The van der Waals surface area contributed by atoms with Crippen molar-refractivity contribution in [3.63, 3.8) is 0 Å². The molecule has 13 heavy (non-hydrogen) atoms. The quantitative estimate of drug-likeness (QED) is 0.597. The van der Waals surface area contributed by atoms with Crippen molar-refractivity contribution in [3.8, 4) is 11.3 Å². The molecule has 3 rings (SSSR count). The summed E-state index contributed by atoms with van der Waals surface area (Å²) in [5.74, 6) is 0. The Labute approximate surface area is 88.6 Å². The van der Waals surface area contributed by atoms with Crippen LogP contribution in [0.4, 0.5) is 0 Å². The molecule has 0 spiro atoms. The lowest BCUT2D eigenvalue weighted by molar-refractivity contribution is 1.30. The predicted octanol–water partition coefficient (Wildman–Crippen LogP) is 3.48. The summed E-state index contributed by atoms with van der Waals surface area (Å²) in [5, 5.41) is 0. The van der Waals surface area contributed by atoms with Crippen molar-refractivity contribution in [2.45, 2.75) is 6.42 Å². The van der Waals surface area contributed by atoms with E-state index in [9.17, 15) is 0 Å². The van der Waals surface area contributed by atoms with Gasteiger partial charge < -0.3 is 0 Å². The highest BCUT2D eigenvalue weighted by molar-refractivity contribution is 9.10. The number of benzene rings is 1. The van der Waals surface area contributed by atoms with Crippen LogP contribution < -0.4 is 0 Å². The predicted molar refractivity (Wildman–Crippen MR) is 58.1 cm³/mol. The van der Waals surface area contributed by atoms with E-state index in [4.69, 9.17) is 0 Å². The van der Waals surface area contributed by atoms with Gasteiger partial charge >= 0.3 is 0 Å². The molecule has 0 atom stereocenters. The molecule has 0 radical (unpaired) electrons. The highest BCUT2D eigenvalue weighted by Crippen LogP contribution is 2.38. The first-order valence-corrected chi connectivity index (χ1v) is 5.73. The second kappa shape index (κ2) is 2.66. The number of thiazole rings is 1. The van der Waals surface area contributed by atoms with Crippen LogP contribution in [0.25, 0.3) is 11.3 Å². The van der Waals surface area contributed by atoms with Crippen LogP contribution >= 0.6 is 27.3 Å². The van der Waals surface area contributed by atoms with Crippen LogP contribution in [0.2, 0.25) is 0 Å². The third-order valence-electron chi connectivity index (χ3n) is 2.31. The zero-order chi connectivity index (χ0) is 8.84. The SMILES string of the molecule is Brc1ccc2c(c1)Cc1scnc1-2. The minimum atomic E-state index is 1.05. The average Bonchev–Trinajstić information content (AvgIpc) is 2.62. The molecule has 3 heteroatoms. The monoisotopic (exact) mass is 251 g/mol. The van der Waals surface area contributed by atoms with Crippen LogP contribution in [0.3, 0.4) is 0 Å². The molecule has 0 aliphatic heterocycles. The van der Waals surface area contributed by atoms with E-state index in [-0.39, 0.29) is 0 Å². The van der Waals surface area contributed by atoms with Gasteiger partial charge in [-0.15, -0.1) is 11.3 Å². The molecule has 1 aromatic carbocycles. The van der Waals surface area contributed by atoms with Crippen molar-refractivity contribution in [1.29, 1.82) is 0 Å². The molecule has 1 nitrogen and oxygen atoms in total. The number of rotatable bonds is 0. The first-order chi connectivity index (χ1) is 6.34. The Morgan fingerprint density at radius 1 is 1.38 bits per heavy atom. The maximum Gasteiger partial charge on any atom is 0.0849 e. The molecule has 0 N–H and O–H groups in total. The topological polar surface area (TPSA) is 12.9 Å². The van der Waals surface area contributed by atoms with Crippen molar-refractivity contribution in [2.24, 2.45) is 0 Å². The van der Waals surface area contributed by atoms with Crippen LogP contribution in [0.5, 0.6) is 0 Å². The number of hydrogen-bond donors (Lipinski definition) is 0. The smallest absolute Gasteiger partial charge is 0.0849 e. The molecular formula is C10H6BrNS. The minimum Gasteiger partial charge on any atom is -0.244 e. The van der Waals surface area contributed by atoms with Crippen LogP contribution in [-0.2, 0) is 6.42 Å². The molecular weight excluding hydrogens is 246 g/mol. The lowest BCUT2D eigenvalue weighted by atomic mass is 10.1. The number of aromatic nitrogens is 1. The molecule has 2 aromatic rings. The van der Waals surface area contributed by atoms with E-state index < -0.39 is 0 Å². The third kappa shape index (κ3) is 1.07. The van der Waals surface area contributed by atoms with Crippen LogP contribution in [0, 0.1) is 0 Å². The maximum atomic E-state index is 4.37. The van der Waals surface area contributed by atoms with E-state index in [1.807, 2.05) is 5.51 Å². The molecule has 1 aromatic heterocycles. The van der Waals surface area contributed by atoms with Gasteiger partial charge in [0.1, 0.15) is 0 Å². The van der Waals surface area contributed by atoms with Gasteiger partial charge in [-0.1, -0.05) is 22.0 Å². The maximum absolute atomic E-state index is 4.37. The van der Waals surface area contributed by atoms with Crippen molar-refractivity contribution in [3.05, 3.63) is 38.6 Å². The Bertz CT molecular complexity index is 476. The summed E-state index contributed by atoms with van der Waals surface area (Å²) >= 11 is 5.23. The first kappa shape index (κ1) is 7.71. The van der Waals surface area contributed by atoms with E-state index in [1.165, 1.54) is 21.7 Å². The van der Waals surface area contributed by atoms with Gasteiger partial charge in [0.25, 0.3) is 0 Å². The average molecular weight is 252 g/mol. The van der Waals surface area contributed by atoms with Gasteiger partial charge in [-0.3, -0.25) is 0 Å². The summed E-state index contributed by atoms with van der Waals surface area (Å²) in [7, 11) is 0. The second-order valence-electron chi connectivity index (χ2n) is 3.10. The third-order valence-corrected chi connectivity index (χ3v) is 3.64. The fourth-order valence-electron chi connectivity index (χ4n) is 1.73. The van der Waals surface area contributed by atoms with Crippen molar-refractivity contribution < 1.29 is 0 Å². The Morgan fingerprint density at radius 2 is 2.31 bits per heavy atom. The van der Waals surface area contributed by atoms with Gasteiger partial charge in [-0.2, -0.15) is 0 Å². The summed E-state index contributed by atoms with van der Waals surface area (Å²) in [6.07, 6.45) is 1.05. The minimum absolute atomic E-state index is 1.05. The molecule has 64 valence electrons. The number of hydrogen-bond acceptors (Lipinski definition) is 2. The Balaban J connectivity index is 2.29. The molecule has 1 aliphatic carbocycles. The van der Waals surface area contributed by atoms with E-state index in [0.717, 1.165) is 10.9 Å². The number of nitrogens with zero attached hydrogens (tertiary/aromatic N) is 1. The molecule has 0 amide bonds. The van der Waals surface area contributed by atoms with Gasteiger partial charge in [-0.25, -0.2) is 4.98 Å². The molecule has 0 saturated carbocycles. The first-order valence-electron chi connectivity index (χ1n) is 4.06. The van der Waals surface area contributed by atoms with E-state index in [2.05, 4.69) is 39.1 Å². The van der Waals surface area contributed by atoms with Gasteiger partial charge in [0.2, 0.25) is 0 Å². The Kier molecular flexibility index (Phi) is 1.58. The van der Waals surface area contributed by atoms with Crippen molar-refractivity contribution >= 4 is 27.3 Å². The summed E-state index contributed by atoms with van der Waals surface area (Å²) in [4.78, 5) is 5.77. The number of fused-ring (bicyclic) bond motifs is 3. The molecule has 1 aliphatic rings. The van der Waals surface area contributed by atoms with Crippen LogP contribution in [0.15, 0.2) is 28.2 Å². The lowest BCUT2D eigenvalue weighted by Crippen LogP contribution is -1.79. The van der Waals surface area contributed by atoms with E-state index in [1.54, 1.807) is 11.3 Å². The highest BCUT2D eigenvalue weighted by Gasteiger charge is 2.20. The zero-order valence-electron chi connectivity index (χ0n) is 6.75. The van der Waals surface area contributed by atoms with Crippen molar-refractivity contribution in [1.82, 2.24) is 4.98 Å². The molecule has 1 heterocycles. The number of halogens is 1. The Hall–Kier alpha value is -0.670. The van der Waals surface area contributed by atoms with E-state index >= 15 is 0 Å². The summed E-state index contributed by atoms with van der Waals surface area (Å²) in [6.45, 7) is 0. The van der Waals surface area contributed by atoms with Crippen LogP contribution in [-0.4, -0.2) is 4.98 Å². The fourth-order valence-corrected chi connectivity index (χ4v) is 2.94. The standard InChI is InChI=1S/C10H6BrNS/c11-7-1-2-8-6(3-7)4-9-10(8)12-5-13-9/h1-3,5H,4H2. The zero-order valence-corrected chi connectivity index (χ0v) is 9.15. The van der Waals surface area contributed by atoms with Gasteiger partial charge in [-0.05, 0) is 17.7 Å². The fraction of sp³-hybridized carbons (Fsp3) is 0.100. The Morgan fingerprint density at radius 3 is 3.23 bits per heavy atom.